The van der Waals surface area contributed by atoms with Crippen LogP contribution in [0, 0.1) is 0 Å². The third kappa shape index (κ3) is 1.41. The molecular weight excluding hydrogens is 196 g/mol. The van der Waals surface area contributed by atoms with Gasteiger partial charge >= 0.3 is 5.97 Å². The molecule has 1 heterocycles. The van der Waals surface area contributed by atoms with Crippen molar-refractivity contribution in [2.45, 2.75) is 0 Å². The summed E-state index contributed by atoms with van der Waals surface area (Å²) < 4.78 is 0. The van der Waals surface area contributed by atoms with Crippen LogP contribution >= 0.6 is 0 Å². The summed E-state index contributed by atoms with van der Waals surface area (Å²) in [7, 11) is 1.58. The summed E-state index contributed by atoms with van der Waals surface area (Å²) in [4.78, 5) is 23.7. The number of para-hydroxylation sites is 1. The fourth-order valence-corrected chi connectivity index (χ4v) is 1.63. The van der Waals surface area contributed by atoms with Gasteiger partial charge in [-0.15, -0.1) is 0 Å². The Bertz CT molecular complexity index is 442. The molecule has 2 rings (SSSR count). The van der Waals surface area contributed by atoms with Gasteiger partial charge in [0.1, 0.15) is 0 Å². The topological polar surface area (TPSA) is 69.6 Å². The number of carbonyl (C=O) groups is 2. The molecule has 0 saturated carbocycles. The lowest BCUT2D eigenvalue weighted by molar-refractivity contribution is -0.116. The molecule has 1 aromatic rings. The van der Waals surface area contributed by atoms with Gasteiger partial charge in [-0.25, -0.2) is 4.79 Å². The van der Waals surface area contributed by atoms with Crippen LogP contribution in [0.25, 0.3) is 0 Å². The second-order valence-electron chi connectivity index (χ2n) is 3.31. The molecule has 5 heteroatoms. The van der Waals surface area contributed by atoms with Gasteiger partial charge in [-0.2, -0.15) is 0 Å². The van der Waals surface area contributed by atoms with E-state index in [0.717, 1.165) is 0 Å². The highest BCUT2D eigenvalue weighted by molar-refractivity contribution is 6.09. The molecule has 2 N–H and O–H groups in total. The first kappa shape index (κ1) is 9.51. The summed E-state index contributed by atoms with van der Waals surface area (Å²) in [6.07, 6.45) is 0. The highest BCUT2D eigenvalue weighted by atomic mass is 16.4. The summed E-state index contributed by atoms with van der Waals surface area (Å²) >= 11 is 0. The third-order valence-electron chi connectivity index (χ3n) is 2.41. The van der Waals surface area contributed by atoms with Crippen molar-refractivity contribution in [1.82, 2.24) is 0 Å². The molecule has 0 saturated heterocycles. The molecule has 0 spiro atoms. The third-order valence-corrected chi connectivity index (χ3v) is 2.41. The van der Waals surface area contributed by atoms with Crippen molar-refractivity contribution < 1.29 is 14.7 Å². The average Bonchev–Trinajstić information content (AvgIpc) is 2.23. The Labute approximate surface area is 86.3 Å². The van der Waals surface area contributed by atoms with E-state index in [0.29, 0.717) is 11.4 Å². The van der Waals surface area contributed by atoms with Gasteiger partial charge < -0.3 is 15.3 Å². The minimum atomic E-state index is -1.03. The van der Waals surface area contributed by atoms with E-state index < -0.39 is 5.97 Å². The first-order chi connectivity index (χ1) is 7.11. The first-order valence-corrected chi connectivity index (χ1v) is 4.48. The number of carboxylic acids is 1. The van der Waals surface area contributed by atoms with Gasteiger partial charge in [-0.3, -0.25) is 4.79 Å². The molecule has 0 atom stereocenters. The number of nitrogens with zero attached hydrogens (tertiary/aromatic N) is 1. The smallest absolute Gasteiger partial charge is 0.337 e. The number of fused-ring (bicyclic) bond motifs is 1. The van der Waals surface area contributed by atoms with Crippen molar-refractivity contribution in [3.05, 3.63) is 23.8 Å². The lowest BCUT2D eigenvalue weighted by atomic mass is 10.1. The number of aromatic carboxylic acids is 1. The molecule has 15 heavy (non-hydrogen) atoms. The minimum Gasteiger partial charge on any atom is -0.478 e. The highest BCUT2D eigenvalue weighted by Gasteiger charge is 2.25. The van der Waals surface area contributed by atoms with E-state index in [1.165, 1.54) is 11.0 Å². The number of rotatable bonds is 1. The zero-order chi connectivity index (χ0) is 11.0. The van der Waals surface area contributed by atoms with Gasteiger partial charge in [0.25, 0.3) is 0 Å². The summed E-state index contributed by atoms with van der Waals surface area (Å²) in [6, 6.07) is 4.89. The van der Waals surface area contributed by atoms with E-state index in [2.05, 4.69) is 5.32 Å². The predicted octanol–water partition coefficient (Wildman–Crippen LogP) is 0.773. The summed E-state index contributed by atoms with van der Waals surface area (Å²) in [5.74, 6) is -1.17. The van der Waals surface area contributed by atoms with E-state index in [1.54, 1.807) is 19.2 Å². The monoisotopic (exact) mass is 206 g/mol. The van der Waals surface area contributed by atoms with Crippen LogP contribution in [0.2, 0.25) is 0 Å². The Morgan fingerprint density at radius 2 is 2.27 bits per heavy atom. The number of nitrogens with one attached hydrogen (secondary N) is 1. The molecule has 0 aliphatic carbocycles. The second-order valence-corrected chi connectivity index (χ2v) is 3.31. The first-order valence-electron chi connectivity index (χ1n) is 4.48. The zero-order valence-electron chi connectivity index (χ0n) is 8.15. The summed E-state index contributed by atoms with van der Waals surface area (Å²) in [5.41, 5.74) is 1.24. The van der Waals surface area contributed by atoms with E-state index >= 15 is 0 Å². The Morgan fingerprint density at radius 1 is 1.53 bits per heavy atom. The highest BCUT2D eigenvalue weighted by Crippen LogP contribution is 2.32. The lowest BCUT2D eigenvalue weighted by Gasteiger charge is -2.27. The van der Waals surface area contributed by atoms with Crippen molar-refractivity contribution in [2.24, 2.45) is 0 Å². The SMILES string of the molecule is CN1C(=O)CNc2cccc(C(=O)O)c21. The number of carboxylic acid groups (broad SMARTS) is 1. The van der Waals surface area contributed by atoms with Crippen LogP contribution in [0.3, 0.4) is 0 Å². The Morgan fingerprint density at radius 3 is 2.93 bits per heavy atom. The van der Waals surface area contributed by atoms with Crippen LogP contribution < -0.4 is 10.2 Å². The number of anilines is 2. The van der Waals surface area contributed by atoms with E-state index in [-0.39, 0.29) is 18.0 Å². The molecular formula is C10H10N2O3. The lowest BCUT2D eigenvalue weighted by Crippen LogP contribution is -2.37. The van der Waals surface area contributed by atoms with Gasteiger partial charge in [-0.1, -0.05) is 6.07 Å². The Kier molecular flexibility index (Phi) is 2.07. The normalized spacial score (nSPS) is 14.5. The molecule has 5 nitrogen and oxygen atoms in total. The van der Waals surface area contributed by atoms with Crippen molar-refractivity contribution >= 4 is 23.3 Å². The maximum Gasteiger partial charge on any atom is 0.337 e. The van der Waals surface area contributed by atoms with Gasteiger partial charge in [0.2, 0.25) is 5.91 Å². The van der Waals surface area contributed by atoms with Crippen molar-refractivity contribution in [2.75, 3.05) is 23.8 Å². The van der Waals surface area contributed by atoms with Gasteiger partial charge in [-0.05, 0) is 12.1 Å². The molecule has 0 bridgehead atoms. The number of benzene rings is 1. The number of carbonyl (C=O) groups excluding carboxylic acids is 1. The Hall–Kier alpha value is -2.04. The standard InChI is InChI=1S/C10H10N2O3/c1-12-8(13)5-11-7-4-2-3-6(9(7)12)10(14)15/h2-4,11H,5H2,1H3,(H,14,15). The molecule has 1 amide bonds. The van der Waals surface area contributed by atoms with Crippen LogP contribution in [-0.2, 0) is 4.79 Å². The molecule has 0 radical (unpaired) electrons. The van der Waals surface area contributed by atoms with Gasteiger partial charge in [0, 0.05) is 7.05 Å². The number of hydrogen-bond acceptors (Lipinski definition) is 3. The van der Waals surface area contributed by atoms with Crippen LogP contribution in [0.1, 0.15) is 10.4 Å². The average molecular weight is 206 g/mol. The maximum atomic E-state index is 11.4. The fraction of sp³-hybridized carbons (Fsp3) is 0.200. The molecule has 0 aromatic heterocycles. The van der Waals surface area contributed by atoms with Gasteiger partial charge in [0.05, 0.1) is 23.5 Å². The van der Waals surface area contributed by atoms with Gasteiger partial charge in [0.15, 0.2) is 0 Å². The van der Waals surface area contributed by atoms with Crippen molar-refractivity contribution in [1.29, 1.82) is 0 Å². The number of amides is 1. The quantitative estimate of drug-likeness (QED) is 0.712. The molecule has 1 aliphatic rings. The van der Waals surface area contributed by atoms with Crippen LogP contribution in [-0.4, -0.2) is 30.6 Å². The number of likely N-dealkylation sites (N-methyl/N-ethyl adjacent to an activating group) is 1. The Balaban J connectivity index is 2.62. The molecule has 0 unspecified atom stereocenters. The summed E-state index contributed by atoms with van der Waals surface area (Å²) in [6.45, 7) is 0.201. The minimum absolute atomic E-state index is 0.135. The predicted molar refractivity (Wildman–Crippen MR) is 55.3 cm³/mol. The fourth-order valence-electron chi connectivity index (χ4n) is 1.63. The molecule has 0 fully saturated rings. The largest absolute Gasteiger partial charge is 0.478 e. The van der Waals surface area contributed by atoms with Crippen LogP contribution in [0.15, 0.2) is 18.2 Å². The molecule has 1 aliphatic heterocycles. The maximum absolute atomic E-state index is 11.4. The van der Waals surface area contributed by atoms with Crippen molar-refractivity contribution in [3.63, 3.8) is 0 Å². The van der Waals surface area contributed by atoms with E-state index in [9.17, 15) is 9.59 Å². The molecule has 78 valence electrons. The van der Waals surface area contributed by atoms with Crippen LogP contribution in [0.5, 0.6) is 0 Å². The number of hydrogen-bond donors (Lipinski definition) is 2. The molecule has 1 aromatic carbocycles. The summed E-state index contributed by atoms with van der Waals surface area (Å²) in [5, 5.41) is 11.9. The van der Waals surface area contributed by atoms with E-state index in [4.69, 9.17) is 5.11 Å². The zero-order valence-corrected chi connectivity index (χ0v) is 8.15. The van der Waals surface area contributed by atoms with Crippen LogP contribution in [0.4, 0.5) is 11.4 Å². The van der Waals surface area contributed by atoms with E-state index in [1.807, 2.05) is 0 Å². The second kappa shape index (κ2) is 3.27. The van der Waals surface area contributed by atoms with Crippen molar-refractivity contribution in [3.8, 4) is 0 Å².